The molecule has 4 nitrogen and oxygen atoms in total. The number of aromatic nitrogens is 3. The molecule has 5 aromatic rings. The lowest BCUT2D eigenvalue weighted by atomic mass is 10.1. The number of pyridine rings is 2. The number of H-pyrrole nitrogens is 1. The Labute approximate surface area is 156 Å². The van der Waals surface area contributed by atoms with E-state index in [1.54, 1.807) is 18.5 Å². The summed E-state index contributed by atoms with van der Waals surface area (Å²) in [5, 5.41) is 0.947. The van der Waals surface area contributed by atoms with Crippen molar-refractivity contribution in [3.8, 4) is 22.5 Å². The topological polar surface area (TPSA) is 54.7 Å². The first-order valence-electron chi connectivity index (χ1n) is 8.49. The van der Waals surface area contributed by atoms with Crippen molar-refractivity contribution in [3.05, 3.63) is 72.7 Å². The maximum atomic E-state index is 12.8. The van der Waals surface area contributed by atoms with E-state index < -0.39 is 11.7 Å². The number of furan rings is 1. The third-order valence-electron chi connectivity index (χ3n) is 4.65. The van der Waals surface area contributed by atoms with E-state index in [4.69, 9.17) is 4.42 Å². The number of hydrogen-bond acceptors (Lipinski definition) is 3. The fourth-order valence-corrected chi connectivity index (χ4v) is 3.29. The van der Waals surface area contributed by atoms with Crippen LogP contribution in [-0.2, 0) is 6.18 Å². The molecule has 0 bridgehead atoms. The van der Waals surface area contributed by atoms with Crippen LogP contribution in [0.1, 0.15) is 5.56 Å². The lowest BCUT2D eigenvalue weighted by molar-refractivity contribution is -0.137. The largest absolute Gasteiger partial charge is 0.454 e. The number of fused-ring (bicyclic) bond motifs is 2. The van der Waals surface area contributed by atoms with Gasteiger partial charge in [0.2, 0.25) is 0 Å². The zero-order chi connectivity index (χ0) is 19.3. The molecule has 28 heavy (non-hydrogen) atoms. The lowest BCUT2D eigenvalue weighted by Gasteiger charge is -2.06. The zero-order valence-electron chi connectivity index (χ0n) is 14.3. The fourth-order valence-electron chi connectivity index (χ4n) is 3.29. The SMILES string of the molecule is FC(F)(F)c1ccc(-c2cc3nccc(-c4c[nH]c5ncccc45)c3o2)cc1. The van der Waals surface area contributed by atoms with Gasteiger partial charge in [-0.1, -0.05) is 12.1 Å². The molecule has 1 aromatic carbocycles. The molecule has 1 N–H and O–H groups in total. The molecule has 0 aliphatic rings. The van der Waals surface area contributed by atoms with E-state index in [1.807, 2.05) is 24.4 Å². The van der Waals surface area contributed by atoms with E-state index in [1.165, 1.54) is 12.1 Å². The van der Waals surface area contributed by atoms with Gasteiger partial charge in [-0.3, -0.25) is 4.98 Å². The van der Waals surface area contributed by atoms with Gasteiger partial charge in [0, 0.05) is 46.7 Å². The molecule has 0 amide bonds. The van der Waals surface area contributed by atoms with E-state index in [2.05, 4.69) is 15.0 Å². The minimum absolute atomic E-state index is 0.460. The van der Waals surface area contributed by atoms with E-state index in [0.29, 0.717) is 22.4 Å². The molecule has 0 atom stereocenters. The maximum Gasteiger partial charge on any atom is 0.416 e. The van der Waals surface area contributed by atoms with Crippen LogP contribution in [0.3, 0.4) is 0 Å². The number of hydrogen-bond donors (Lipinski definition) is 1. The second-order valence-corrected chi connectivity index (χ2v) is 6.36. The zero-order valence-corrected chi connectivity index (χ0v) is 14.3. The van der Waals surface area contributed by atoms with Gasteiger partial charge >= 0.3 is 6.18 Å². The molecule has 0 spiro atoms. The van der Waals surface area contributed by atoms with Gasteiger partial charge in [-0.2, -0.15) is 13.2 Å². The fraction of sp³-hybridized carbons (Fsp3) is 0.0476. The van der Waals surface area contributed by atoms with Crippen LogP contribution >= 0.6 is 0 Å². The molecule has 0 unspecified atom stereocenters. The van der Waals surface area contributed by atoms with Crippen LogP contribution in [0.15, 0.2) is 71.5 Å². The highest BCUT2D eigenvalue weighted by molar-refractivity contribution is 6.01. The molecule has 0 saturated carbocycles. The Balaban J connectivity index is 1.64. The van der Waals surface area contributed by atoms with E-state index in [9.17, 15) is 13.2 Å². The smallest absolute Gasteiger partial charge is 0.416 e. The predicted molar refractivity (Wildman–Crippen MR) is 99.5 cm³/mol. The average Bonchev–Trinajstić information content (AvgIpc) is 3.31. The lowest BCUT2D eigenvalue weighted by Crippen LogP contribution is -2.03. The Kier molecular flexibility index (Phi) is 3.52. The summed E-state index contributed by atoms with van der Waals surface area (Å²) in [6.45, 7) is 0. The number of alkyl halides is 3. The number of nitrogens with one attached hydrogen (secondary N) is 1. The summed E-state index contributed by atoms with van der Waals surface area (Å²) in [5.41, 5.74) is 3.58. The summed E-state index contributed by atoms with van der Waals surface area (Å²) in [6.07, 6.45) is 0.872. The highest BCUT2D eigenvalue weighted by Crippen LogP contribution is 2.37. The molecule has 0 fully saturated rings. The first kappa shape index (κ1) is 16.6. The monoisotopic (exact) mass is 379 g/mol. The van der Waals surface area contributed by atoms with Crippen LogP contribution in [0.4, 0.5) is 13.2 Å². The van der Waals surface area contributed by atoms with Crippen LogP contribution in [0.25, 0.3) is 44.6 Å². The summed E-state index contributed by atoms with van der Waals surface area (Å²) >= 11 is 0. The molecular formula is C21H12F3N3O. The van der Waals surface area contributed by atoms with Crippen molar-refractivity contribution in [1.82, 2.24) is 15.0 Å². The number of rotatable bonds is 2. The highest BCUT2D eigenvalue weighted by atomic mass is 19.4. The quantitative estimate of drug-likeness (QED) is 0.406. The summed E-state index contributed by atoms with van der Waals surface area (Å²) in [5.74, 6) is 0.460. The molecule has 0 aliphatic heterocycles. The molecule has 0 aliphatic carbocycles. The Bertz CT molecular complexity index is 1300. The van der Waals surface area contributed by atoms with Gasteiger partial charge in [0.15, 0.2) is 5.58 Å². The van der Waals surface area contributed by atoms with Gasteiger partial charge in [-0.05, 0) is 30.3 Å². The van der Waals surface area contributed by atoms with Crippen molar-refractivity contribution >= 4 is 22.1 Å². The first-order chi connectivity index (χ1) is 13.5. The summed E-state index contributed by atoms with van der Waals surface area (Å²) in [6, 6.07) is 12.3. The van der Waals surface area contributed by atoms with Gasteiger partial charge < -0.3 is 9.40 Å². The standard InChI is InChI=1S/C21H12F3N3O/c22-21(23,24)13-5-3-12(4-6-13)18-10-17-19(28-18)14(7-9-25-17)16-11-27-20-15(16)2-1-8-26-20/h1-11H,(H,26,27). The molecule has 5 rings (SSSR count). The number of benzene rings is 1. The van der Waals surface area contributed by atoms with Crippen molar-refractivity contribution in [2.45, 2.75) is 6.18 Å². The van der Waals surface area contributed by atoms with Crippen molar-refractivity contribution in [2.75, 3.05) is 0 Å². The summed E-state index contributed by atoms with van der Waals surface area (Å²) < 4.78 is 44.4. The van der Waals surface area contributed by atoms with Gasteiger partial charge in [0.1, 0.15) is 16.9 Å². The minimum atomic E-state index is -4.37. The Morgan fingerprint density at radius 3 is 2.50 bits per heavy atom. The Hall–Kier alpha value is -3.61. The van der Waals surface area contributed by atoms with Gasteiger partial charge in [-0.15, -0.1) is 0 Å². The number of nitrogens with zero attached hydrogens (tertiary/aromatic N) is 2. The molecule has 138 valence electrons. The van der Waals surface area contributed by atoms with Gasteiger partial charge in [0.25, 0.3) is 0 Å². The second-order valence-electron chi connectivity index (χ2n) is 6.36. The van der Waals surface area contributed by atoms with Crippen molar-refractivity contribution in [2.24, 2.45) is 0 Å². The Morgan fingerprint density at radius 2 is 1.71 bits per heavy atom. The number of halogens is 3. The van der Waals surface area contributed by atoms with Crippen molar-refractivity contribution < 1.29 is 17.6 Å². The average molecular weight is 379 g/mol. The van der Waals surface area contributed by atoms with Gasteiger partial charge in [0.05, 0.1) is 5.56 Å². The number of aromatic amines is 1. The maximum absolute atomic E-state index is 12.8. The highest BCUT2D eigenvalue weighted by Gasteiger charge is 2.30. The van der Waals surface area contributed by atoms with E-state index in [0.717, 1.165) is 34.3 Å². The second kappa shape index (κ2) is 5.95. The molecule has 0 radical (unpaired) electrons. The van der Waals surface area contributed by atoms with Crippen molar-refractivity contribution in [1.29, 1.82) is 0 Å². The van der Waals surface area contributed by atoms with Crippen molar-refractivity contribution in [3.63, 3.8) is 0 Å². The van der Waals surface area contributed by atoms with Crippen LogP contribution in [0, 0.1) is 0 Å². The molecule has 0 saturated heterocycles. The van der Waals surface area contributed by atoms with Gasteiger partial charge in [-0.25, -0.2) is 4.98 Å². The van der Waals surface area contributed by atoms with Crippen LogP contribution in [-0.4, -0.2) is 15.0 Å². The van der Waals surface area contributed by atoms with E-state index >= 15 is 0 Å². The molecule has 4 aromatic heterocycles. The first-order valence-corrected chi connectivity index (χ1v) is 8.49. The van der Waals surface area contributed by atoms with E-state index in [-0.39, 0.29) is 0 Å². The Morgan fingerprint density at radius 1 is 0.893 bits per heavy atom. The third-order valence-corrected chi connectivity index (χ3v) is 4.65. The third kappa shape index (κ3) is 2.63. The van der Waals surface area contributed by atoms with Crippen LogP contribution in [0.5, 0.6) is 0 Å². The van der Waals surface area contributed by atoms with Crippen LogP contribution in [0.2, 0.25) is 0 Å². The molecule has 4 heterocycles. The van der Waals surface area contributed by atoms with Crippen LogP contribution < -0.4 is 0 Å². The molecule has 7 heteroatoms. The normalized spacial score (nSPS) is 12.1. The summed E-state index contributed by atoms with van der Waals surface area (Å²) in [7, 11) is 0. The predicted octanol–water partition coefficient (Wildman–Crippen LogP) is 6.06. The minimum Gasteiger partial charge on any atom is -0.454 e. The summed E-state index contributed by atoms with van der Waals surface area (Å²) in [4.78, 5) is 11.8. The molecular weight excluding hydrogens is 367 g/mol.